The zero-order valence-corrected chi connectivity index (χ0v) is 19.6. The number of halogens is 2. The molecule has 0 spiro atoms. The lowest BCUT2D eigenvalue weighted by atomic mass is 9.83. The quantitative estimate of drug-likeness (QED) is 0.252. The van der Waals surface area contributed by atoms with Crippen LogP contribution in [0.15, 0.2) is 0 Å². The molecule has 2 aliphatic heterocycles. The summed E-state index contributed by atoms with van der Waals surface area (Å²) in [5.74, 6) is -1.10. The maximum Gasteiger partial charge on any atom is 0.367 e. The number of esters is 1. The highest BCUT2D eigenvalue weighted by Crippen LogP contribution is 2.35. The van der Waals surface area contributed by atoms with E-state index in [0.717, 1.165) is 12.8 Å². The fourth-order valence-electron chi connectivity index (χ4n) is 3.37. The molecule has 12 heteroatoms. The number of rotatable bonds is 15. The van der Waals surface area contributed by atoms with Gasteiger partial charge in [-0.2, -0.15) is 8.78 Å². The molecule has 0 atom stereocenters. The van der Waals surface area contributed by atoms with E-state index < -0.39 is 33.4 Å². The summed E-state index contributed by atoms with van der Waals surface area (Å²) in [5, 5.41) is -4.73. The van der Waals surface area contributed by atoms with E-state index in [1.807, 2.05) is 13.8 Å². The van der Waals surface area contributed by atoms with Gasteiger partial charge in [-0.25, -0.2) is 8.42 Å². The van der Waals surface area contributed by atoms with Gasteiger partial charge in [0.25, 0.3) is 0 Å². The smallest absolute Gasteiger partial charge is 0.367 e. The SMILES string of the molecule is CCC1(COCC(CC)(COCC2(CC)COC2)C(=O)OCC(F)(F)S(=O)(=O)[O-])COC1. The fraction of sp³-hybridized carbons (Fsp3) is 0.950. The van der Waals surface area contributed by atoms with Gasteiger partial charge in [0, 0.05) is 10.8 Å². The molecule has 2 heterocycles. The predicted molar refractivity (Wildman–Crippen MR) is 107 cm³/mol. The van der Waals surface area contributed by atoms with Gasteiger partial charge in [0.05, 0.1) is 52.9 Å². The summed E-state index contributed by atoms with van der Waals surface area (Å²) in [4.78, 5) is 12.8. The van der Waals surface area contributed by atoms with E-state index in [9.17, 15) is 26.5 Å². The Labute approximate surface area is 187 Å². The van der Waals surface area contributed by atoms with Crippen molar-refractivity contribution in [2.45, 2.75) is 45.3 Å². The molecule has 0 bridgehead atoms. The Kier molecular flexibility index (Phi) is 9.02. The Hall–Kier alpha value is -0.920. The van der Waals surface area contributed by atoms with Crippen molar-refractivity contribution in [1.82, 2.24) is 0 Å². The largest absolute Gasteiger partial charge is 0.743 e. The zero-order valence-electron chi connectivity index (χ0n) is 18.8. The van der Waals surface area contributed by atoms with Gasteiger partial charge in [0.1, 0.15) is 5.41 Å². The summed E-state index contributed by atoms with van der Waals surface area (Å²) >= 11 is 0. The van der Waals surface area contributed by atoms with Crippen LogP contribution in [0, 0.1) is 16.2 Å². The summed E-state index contributed by atoms with van der Waals surface area (Å²) in [7, 11) is -5.97. The van der Waals surface area contributed by atoms with Crippen molar-refractivity contribution in [1.29, 1.82) is 0 Å². The molecule has 2 saturated heterocycles. The van der Waals surface area contributed by atoms with Gasteiger partial charge in [-0.3, -0.25) is 4.79 Å². The molecule has 32 heavy (non-hydrogen) atoms. The van der Waals surface area contributed by atoms with Gasteiger partial charge in [-0.05, 0) is 19.3 Å². The maximum absolute atomic E-state index is 13.5. The lowest BCUT2D eigenvalue weighted by molar-refractivity contribution is -0.189. The molecule has 0 aromatic heterocycles. The fourth-order valence-corrected chi connectivity index (χ4v) is 3.57. The molecule has 188 valence electrons. The Morgan fingerprint density at radius 3 is 1.66 bits per heavy atom. The minimum atomic E-state index is -5.97. The molecule has 0 unspecified atom stereocenters. The van der Waals surface area contributed by atoms with Crippen LogP contribution in [0.1, 0.15) is 40.0 Å². The average Bonchev–Trinajstić information content (AvgIpc) is 2.68. The maximum atomic E-state index is 13.5. The first-order valence-corrected chi connectivity index (χ1v) is 12.1. The highest BCUT2D eigenvalue weighted by atomic mass is 32.2. The van der Waals surface area contributed by atoms with Gasteiger partial charge in [0.2, 0.25) is 0 Å². The first-order valence-electron chi connectivity index (χ1n) is 10.7. The van der Waals surface area contributed by atoms with Crippen LogP contribution in [0.5, 0.6) is 0 Å². The van der Waals surface area contributed by atoms with Crippen LogP contribution in [-0.4, -0.2) is 83.7 Å². The van der Waals surface area contributed by atoms with Crippen molar-refractivity contribution in [3.63, 3.8) is 0 Å². The zero-order chi connectivity index (χ0) is 24.1. The molecule has 0 N–H and O–H groups in total. The van der Waals surface area contributed by atoms with Gasteiger partial charge >= 0.3 is 11.2 Å². The van der Waals surface area contributed by atoms with Crippen molar-refractivity contribution < 1.29 is 50.2 Å². The summed E-state index contributed by atoms with van der Waals surface area (Å²) < 4.78 is 86.0. The van der Waals surface area contributed by atoms with Crippen LogP contribution in [0.2, 0.25) is 0 Å². The second-order valence-electron chi connectivity index (χ2n) is 8.98. The molecular formula is C20H33F2O9S-. The van der Waals surface area contributed by atoms with Crippen LogP contribution in [0.3, 0.4) is 0 Å². The van der Waals surface area contributed by atoms with Crippen LogP contribution in [0.4, 0.5) is 8.78 Å². The number of ether oxygens (including phenoxy) is 5. The van der Waals surface area contributed by atoms with Crippen molar-refractivity contribution in [3.8, 4) is 0 Å². The first kappa shape index (κ1) is 27.3. The molecule has 0 saturated carbocycles. The van der Waals surface area contributed by atoms with Gasteiger partial charge < -0.3 is 28.2 Å². The third-order valence-corrected chi connectivity index (χ3v) is 7.40. The van der Waals surface area contributed by atoms with E-state index in [1.54, 1.807) is 6.92 Å². The molecule has 2 aliphatic rings. The molecule has 0 radical (unpaired) electrons. The molecule has 0 amide bonds. The van der Waals surface area contributed by atoms with E-state index in [-0.39, 0.29) is 30.5 Å². The van der Waals surface area contributed by atoms with E-state index in [2.05, 4.69) is 4.74 Å². The van der Waals surface area contributed by atoms with Crippen molar-refractivity contribution >= 4 is 16.1 Å². The van der Waals surface area contributed by atoms with Crippen LogP contribution >= 0.6 is 0 Å². The molecule has 0 aromatic rings. The van der Waals surface area contributed by atoms with E-state index in [1.165, 1.54) is 0 Å². The highest BCUT2D eigenvalue weighted by molar-refractivity contribution is 7.86. The lowest BCUT2D eigenvalue weighted by Crippen LogP contribution is -2.50. The predicted octanol–water partition coefficient (Wildman–Crippen LogP) is 1.95. The summed E-state index contributed by atoms with van der Waals surface area (Å²) in [6, 6.07) is 0. The second kappa shape index (κ2) is 10.6. The Morgan fingerprint density at radius 2 is 1.38 bits per heavy atom. The van der Waals surface area contributed by atoms with Crippen LogP contribution in [-0.2, 0) is 38.6 Å². The molecule has 9 nitrogen and oxygen atoms in total. The Morgan fingerprint density at radius 1 is 0.938 bits per heavy atom. The second-order valence-corrected chi connectivity index (χ2v) is 10.5. The van der Waals surface area contributed by atoms with E-state index >= 15 is 0 Å². The first-order chi connectivity index (χ1) is 14.9. The summed E-state index contributed by atoms with van der Waals surface area (Å²) in [6.45, 7) is 6.13. The third-order valence-electron chi connectivity index (χ3n) is 6.55. The number of alkyl halides is 2. The monoisotopic (exact) mass is 487 g/mol. The number of carbonyl (C=O) groups excluding carboxylic acids is 1. The molecule has 0 aromatic carbocycles. The molecule has 0 aliphatic carbocycles. The van der Waals surface area contributed by atoms with Crippen molar-refractivity contribution in [2.75, 3.05) is 59.5 Å². The third kappa shape index (κ3) is 6.15. The standard InChI is InChI=1S/C20H34F2O9S/c1-4-17(7-27-8-17)11-29-13-19(6-3,14-30-12-18(5-2)9-28-10-18)16(23)31-15-20(21,22)32(24,25)26/h4-15H2,1-3H3,(H,24,25,26)/p-1. The lowest BCUT2D eigenvalue weighted by Gasteiger charge is -2.42. The summed E-state index contributed by atoms with van der Waals surface area (Å²) in [6.07, 6.45) is 1.74. The molecule has 2 fully saturated rings. The van der Waals surface area contributed by atoms with E-state index in [0.29, 0.717) is 39.6 Å². The molecular weight excluding hydrogens is 454 g/mol. The van der Waals surface area contributed by atoms with E-state index in [4.69, 9.17) is 18.9 Å². The molecule has 2 rings (SSSR count). The van der Waals surface area contributed by atoms with Gasteiger partial charge in [-0.15, -0.1) is 0 Å². The minimum absolute atomic E-state index is 0.132. The minimum Gasteiger partial charge on any atom is -0.743 e. The van der Waals surface area contributed by atoms with Gasteiger partial charge in [-0.1, -0.05) is 20.8 Å². The van der Waals surface area contributed by atoms with Crippen LogP contribution in [0.25, 0.3) is 0 Å². The Balaban J connectivity index is 2.06. The highest BCUT2D eigenvalue weighted by Gasteiger charge is 2.46. The normalized spacial score (nSPS) is 20.3. The van der Waals surface area contributed by atoms with Crippen molar-refractivity contribution in [2.24, 2.45) is 16.2 Å². The number of hydrogen-bond acceptors (Lipinski definition) is 9. The average molecular weight is 488 g/mol. The topological polar surface area (TPSA) is 120 Å². The van der Waals surface area contributed by atoms with Gasteiger partial charge in [0.15, 0.2) is 16.7 Å². The Bertz CT molecular complexity index is 694. The van der Waals surface area contributed by atoms with Crippen LogP contribution < -0.4 is 0 Å². The summed E-state index contributed by atoms with van der Waals surface area (Å²) in [5.41, 5.74) is -1.77. The number of hydrogen-bond donors (Lipinski definition) is 0. The number of carbonyl (C=O) groups is 1. The van der Waals surface area contributed by atoms with Crippen molar-refractivity contribution in [3.05, 3.63) is 0 Å².